The van der Waals surface area contributed by atoms with E-state index in [1.807, 2.05) is 0 Å². The Labute approximate surface area is 76.8 Å². The van der Waals surface area contributed by atoms with E-state index in [4.69, 9.17) is 6.42 Å². The highest BCUT2D eigenvalue weighted by molar-refractivity contribution is 7.85. The largest absolute Gasteiger partial charge is 0.289 e. The molecule has 0 aromatic carbocycles. The van der Waals surface area contributed by atoms with Crippen molar-refractivity contribution < 1.29 is 4.21 Å². The maximum Gasteiger partial charge on any atom is 0.0601 e. The van der Waals surface area contributed by atoms with Crippen LogP contribution in [0.1, 0.15) is 13.3 Å². The average molecular weight is 185 g/mol. The van der Waals surface area contributed by atoms with Gasteiger partial charge in [0.05, 0.1) is 6.54 Å². The zero-order valence-corrected chi connectivity index (χ0v) is 8.27. The molecule has 0 radical (unpaired) electrons. The van der Waals surface area contributed by atoms with E-state index in [0.29, 0.717) is 12.6 Å². The molecular weight excluding hydrogens is 170 g/mol. The van der Waals surface area contributed by atoms with Gasteiger partial charge in [0.15, 0.2) is 0 Å². The van der Waals surface area contributed by atoms with Crippen molar-refractivity contribution in [2.75, 3.05) is 24.6 Å². The van der Waals surface area contributed by atoms with Gasteiger partial charge < -0.3 is 0 Å². The molecule has 2 unspecified atom stereocenters. The highest BCUT2D eigenvalue weighted by atomic mass is 32.2. The van der Waals surface area contributed by atoms with Gasteiger partial charge in [0.2, 0.25) is 0 Å². The van der Waals surface area contributed by atoms with Crippen LogP contribution in [0.3, 0.4) is 0 Å². The first kappa shape index (κ1) is 9.76. The maximum atomic E-state index is 11.2. The molecule has 1 rings (SSSR count). The third-order valence-electron chi connectivity index (χ3n) is 2.29. The zero-order valence-electron chi connectivity index (χ0n) is 7.45. The Bertz CT molecular complexity index is 209. The van der Waals surface area contributed by atoms with Gasteiger partial charge in [0, 0.05) is 34.9 Å². The van der Waals surface area contributed by atoms with Crippen molar-refractivity contribution in [3.8, 4) is 12.3 Å². The van der Waals surface area contributed by atoms with Crippen molar-refractivity contribution in [1.29, 1.82) is 0 Å². The summed E-state index contributed by atoms with van der Waals surface area (Å²) in [6.45, 7) is 3.73. The van der Waals surface area contributed by atoms with E-state index in [1.54, 1.807) is 0 Å². The van der Waals surface area contributed by atoms with Crippen molar-refractivity contribution in [3.05, 3.63) is 0 Å². The Hall–Kier alpha value is -0.330. The molecule has 1 saturated heterocycles. The summed E-state index contributed by atoms with van der Waals surface area (Å²) in [4.78, 5) is 2.23. The monoisotopic (exact) mass is 185 g/mol. The number of hydrogen-bond donors (Lipinski definition) is 0. The lowest BCUT2D eigenvalue weighted by molar-refractivity contribution is 0.249. The van der Waals surface area contributed by atoms with Gasteiger partial charge in [-0.3, -0.25) is 9.11 Å². The first-order valence-electron chi connectivity index (χ1n) is 4.26. The van der Waals surface area contributed by atoms with Crippen molar-refractivity contribution in [2.24, 2.45) is 0 Å². The van der Waals surface area contributed by atoms with Crippen LogP contribution in [0.4, 0.5) is 0 Å². The van der Waals surface area contributed by atoms with E-state index < -0.39 is 10.8 Å². The van der Waals surface area contributed by atoms with E-state index in [9.17, 15) is 4.21 Å². The molecule has 1 fully saturated rings. The first-order chi connectivity index (χ1) is 5.74. The van der Waals surface area contributed by atoms with Crippen molar-refractivity contribution in [3.63, 3.8) is 0 Å². The Kier molecular flexibility index (Phi) is 3.77. The average Bonchev–Trinajstić information content (AvgIpc) is 2.20. The van der Waals surface area contributed by atoms with E-state index >= 15 is 0 Å². The minimum atomic E-state index is -0.613. The number of terminal acetylenes is 1. The van der Waals surface area contributed by atoms with Gasteiger partial charge in [0.25, 0.3) is 0 Å². The molecule has 2 atom stereocenters. The fourth-order valence-corrected chi connectivity index (χ4v) is 2.62. The Morgan fingerprint density at radius 2 is 2.42 bits per heavy atom. The molecule has 1 aliphatic heterocycles. The lowest BCUT2D eigenvalue weighted by Crippen LogP contribution is -2.34. The van der Waals surface area contributed by atoms with Crippen LogP contribution >= 0.6 is 0 Å². The van der Waals surface area contributed by atoms with Gasteiger partial charge in [-0.15, -0.1) is 6.42 Å². The SMILES string of the molecule is C#CCN1CCS(=O)CCC1C. The molecule has 0 amide bonds. The summed E-state index contributed by atoms with van der Waals surface area (Å²) in [5.74, 6) is 4.26. The molecule has 12 heavy (non-hydrogen) atoms. The summed E-state index contributed by atoms with van der Waals surface area (Å²) in [5, 5.41) is 0. The van der Waals surface area contributed by atoms with Gasteiger partial charge >= 0.3 is 0 Å². The molecule has 1 heterocycles. The third-order valence-corrected chi connectivity index (χ3v) is 3.62. The second kappa shape index (κ2) is 4.64. The normalized spacial score (nSPS) is 32.3. The topological polar surface area (TPSA) is 20.3 Å². The van der Waals surface area contributed by atoms with Crippen molar-refractivity contribution >= 4 is 10.8 Å². The number of rotatable bonds is 1. The molecule has 0 bridgehead atoms. The number of hydrogen-bond acceptors (Lipinski definition) is 2. The maximum absolute atomic E-state index is 11.2. The molecule has 68 valence electrons. The molecule has 0 aliphatic carbocycles. The molecule has 0 spiro atoms. The van der Waals surface area contributed by atoms with Gasteiger partial charge in [-0.05, 0) is 13.3 Å². The van der Waals surface area contributed by atoms with E-state index in [1.165, 1.54) is 0 Å². The second-order valence-electron chi connectivity index (χ2n) is 3.16. The zero-order chi connectivity index (χ0) is 8.97. The summed E-state index contributed by atoms with van der Waals surface area (Å²) in [6.07, 6.45) is 6.25. The van der Waals surface area contributed by atoms with E-state index in [2.05, 4.69) is 17.7 Å². The second-order valence-corrected chi connectivity index (χ2v) is 4.86. The Morgan fingerprint density at radius 3 is 3.08 bits per heavy atom. The van der Waals surface area contributed by atoms with E-state index in [-0.39, 0.29) is 0 Å². The Morgan fingerprint density at radius 1 is 1.67 bits per heavy atom. The molecule has 1 aliphatic rings. The van der Waals surface area contributed by atoms with Crippen LogP contribution in [-0.2, 0) is 10.8 Å². The van der Waals surface area contributed by atoms with Crippen molar-refractivity contribution in [1.82, 2.24) is 4.90 Å². The smallest absolute Gasteiger partial charge is 0.0601 e. The van der Waals surface area contributed by atoms with Crippen molar-refractivity contribution in [2.45, 2.75) is 19.4 Å². The van der Waals surface area contributed by atoms with Crippen LogP contribution in [0, 0.1) is 12.3 Å². The summed E-state index contributed by atoms with van der Waals surface area (Å²) >= 11 is 0. The predicted molar refractivity (Wildman–Crippen MR) is 52.4 cm³/mol. The molecule has 0 aromatic heterocycles. The van der Waals surface area contributed by atoms with Crippen LogP contribution in [-0.4, -0.2) is 39.7 Å². The standard InChI is InChI=1S/C9H15NOS/c1-3-5-10-6-8-12(11)7-4-9(10)2/h1,9H,4-8H2,2H3. The van der Waals surface area contributed by atoms with Gasteiger partial charge in [-0.1, -0.05) is 5.92 Å². The minimum Gasteiger partial charge on any atom is -0.289 e. The quantitative estimate of drug-likeness (QED) is 0.553. The van der Waals surface area contributed by atoms with Gasteiger partial charge in [0.1, 0.15) is 0 Å². The molecular formula is C9H15NOS. The third kappa shape index (κ3) is 2.62. The summed E-state index contributed by atoms with van der Waals surface area (Å²) < 4.78 is 11.2. The predicted octanol–water partition coefficient (Wildman–Crippen LogP) is 0.463. The van der Waals surface area contributed by atoms with Crippen LogP contribution < -0.4 is 0 Å². The van der Waals surface area contributed by atoms with Crippen LogP contribution in [0.25, 0.3) is 0 Å². The molecule has 0 aromatic rings. The Balaban J connectivity index is 2.51. The van der Waals surface area contributed by atoms with Gasteiger partial charge in [-0.25, -0.2) is 0 Å². The minimum absolute atomic E-state index is 0.493. The lowest BCUT2D eigenvalue weighted by Gasteiger charge is -2.23. The highest BCUT2D eigenvalue weighted by Crippen LogP contribution is 2.08. The van der Waals surface area contributed by atoms with E-state index in [0.717, 1.165) is 24.5 Å². The molecule has 3 heteroatoms. The lowest BCUT2D eigenvalue weighted by atomic mass is 10.2. The van der Waals surface area contributed by atoms with Gasteiger partial charge in [-0.2, -0.15) is 0 Å². The molecule has 0 saturated carbocycles. The van der Waals surface area contributed by atoms with Crippen LogP contribution in [0.15, 0.2) is 0 Å². The summed E-state index contributed by atoms with van der Waals surface area (Å²) in [6, 6.07) is 0.493. The van der Waals surface area contributed by atoms with Crippen LogP contribution in [0.5, 0.6) is 0 Å². The molecule has 2 nitrogen and oxygen atoms in total. The summed E-state index contributed by atoms with van der Waals surface area (Å²) in [5.41, 5.74) is 0. The fourth-order valence-electron chi connectivity index (χ4n) is 1.38. The summed E-state index contributed by atoms with van der Waals surface area (Å²) in [7, 11) is -0.613. The van der Waals surface area contributed by atoms with Crippen LogP contribution in [0.2, 0.25) is 0 Å². The highest BCUT2D eigenvalue weighted by Gasteiger charge is 2.18. The first-order valence-corrected chi connectivity index (χ1v) is 5.75. The number of nitrogens with zero attached hydrogens (tertiary/aromatic N) is 1. The fraction of sp³-hybridized carbons (Fsp3) is 0.778. The molecule has 0 N–H and O–H groups in total.